The number of hydrogen-bond acceptors (Lipinski definition) is 5. The van der Waals surface area contributed by atoms with E-state index in [4.69, 9.17) is 9.29 Å². The minimum Gasteiger partial charge on any atom is -0.496 e. The summed E-state index contributed by atoms with van der Waals surface area (Å²) in [6.07, 6.45) is 1.85. The maximum atomic E-state index is 10.8. The Morgan fingerprint density at radius 1 is 1.44 bits per heavy atom. The molecule has 1 aromatic carbocycles. The van der Waals surface area contributed by atoms with Crippen LogP contribution in [0.15, 0.2) is 23.1 Å². The highest BCUT2D eigenvalue weighted by Crippen LogP contribution is 2.31. The molecule has 0 aliphatic heterocycles. The lowest BCUT2D eigenvalue weighted by atomic mass is 10.2. The molecular weight excluding hydrogens is 252 g/mol. The zero-order valence-corrected chi connectivity index (χ0v) is 10.4. The molecule has 0 amide bonds. The molecule has 7 heteroatoms. The molecule has 0 aromatic heterocycles. The van der Waals surface area contributed by atoms with Crippen molar-refractivity contribution in [1.82, 2.24) is 0 Å². The molecule has 0 aliphatic carbocycles. The van der Waals surface area contributed by atoms with Crippen LogP contribution < -0.4 is 4.74 Å². The van der Waals surface area contributed by atoms with Crippen molar-refractivity contribution in [2.24, 2.45) is 0 Å². The third kappa shape index (κ3) is 2.88. The molecule has 0 saturated heterocycles. The number of aliphatic hydroxyl groups excluding tert-OH is 1. The molecule has 0 bridgehead atoms. The fourth-order valence-electron chi connectivity index (χ4n) is 1.18. The van der Waals surface area contributed by atoms with E-state index in [1.54, 1.807) is 12.1 Å². The third-order valence-corrected chi connectivity index (χ3v) is 3.53. The van der Waals surface area contributed by atoms with Gasteiger partial charge in [-0.25, -0.2) is 0 Å². The molecule has 0 spiro atoms. The Bertz CT molecular complexity index is 469. The molecule has 0 fully saturated rings. The molecule has 0 aliphatic rings. The van der Waals surface area contributed by atoms with Gasteiger partial charge in [0.2, 0.25) is 5.44 Å². The summed E-state index contributed by atoms with van der Waals surface area (Å²) < 4.78 is 35.3. The molecule has 0 saturated carbocycles. The molecule has 1 aromatic rings. The molecular formula is C9H12O5S2. The first-order chi connectivity index (χ1) is 7.40. The van der Waals surface area contributed by atoms with Crippen LogP contribution in [0.4, 0.5) is 0 Å². The Morgan fingerprint density at radius 2 is 2.06 bits per heavy atom. The second kappa shape index (κ2) is 5.05. The normalized spacial score (nSPS) is 13.5. The second-order valence-corrected chi connectivity index (χ2v) is 5.33. The van der Waals surface area contributed by atoms with Crippen molar-refractivity contribution in [3.63, 3.8) is 0 Å². The zero-order valence-electron chi connectivity index (χ0n) is 8.75. The van der Waals surface area contributed by atoms with Crippen molar-refractivity contribution in [1.29, 1.82) is 0 Å². The molecule has 0 radical (unpaired) electrons. The summed E-state index contributed by atoms with van der Waals surface area (Å²) in [6, 6.07) is 4.63. The van der Waals surface area contributed by atoms with Gasteiger partial charge in [-0.2, -0.15) is 8.42 Å². The smallest absolute Gasteiger partial charge is 0.296 e. The Morgan fingerprint density at radius 3 is 2.50 bits per heavy atom. The van der Waals surface area contributed by atoms with Gasteiger partial charge in [-0.3, -0.25) is 4.55 Å². The molecule has 5 nitrogen and oxygen atoms in total. The average Bonchev–Trinajstić information content (AvgIpc) is 2.26. The average molecular weight is 264 g/mol. The lowest BCUT2D eigenvalue weighted by Gasteiger charge is -2.13. The number of ether oxygens (including phenoxy) is 1. The Hall–Kier alpha value is -0.760. The van der Waals surface area contributed by atoms with Gasteiger partial charge >= 0.3 is 0 Å². The third-order valence-electron chi connectivity index (χ3n) is 1.99. The van der Waals surface area contributed by atoms with E-state index in [1.165, 1.54) is 24.9 Å². The molecule has 90 valence electrons. The summed E-state index contributed by atoms with van der Waals surface area (Å²) in [5.74, 6) is 0.219. The van der Waals surface area contributed by atoms with Crippen molar-refractivity contribution in [2.75, 3.05) is 13.4 Å². The van der Waals surface area contributed by atoms with Crippen LogP contribution in [0.3, 0.4) is 0 Å². The van der Waals surface area contributed by atoms with Gasteiger partial charge in [0.1, 0.15) is 5.75 Å². The highest BCUT2D eigenvalue weighted by molar-refractivity contribution is 7.98. The number of hydrogen-bond donors (Lipinski definition) is 2. The summed E-state index contributed by atoms with van der Waals surface area (Å²) >= 11 is 1.45. The first-order valence-corrected chi connectivity index (χ1v) is 6.99. The lowest BCUT2D eigenvalue weighted by Crippen LogP contribution is -2.12. The Labute approximate surface area is 98.2 Å². The van der Waals surface area contributed by atoms with Gasteiger partial charge < -0.3 is 9.84 Å². The zero-order chi connectivity index (χ0) is 12.3. The monoisotopic (exact) mass is 264 g/mol. The van der Waals surface area contributed by atoms with Gasteiger partial charge in [0, 0.05) is 10.5 Å². The largest absolute Gasteiger partial charge is 0.496 e. The highest BCUT2D eigenvalue weighted by atomic mass is 32.2. The summed E-state index contributed by atoms with van der Waals surface area (Å²) in [6.45, 7) is 0. The van der Waals surface area contributed by atoms with Crippen LogP contribution in [0.1, 0.15) is 11.0 Å². The Kier molecular flexibility index (Phi) is 4.20. The van der Waals surface area contributed by atoms with Crippen LogP contribution in [0.5, 0.6) is 5.75 Å². The number of thioether (sulfide) groups is 1. The molecule has 16 heavy (non-hydrogen) atoms. The van der Waals surface area contributed by atoms with Crippen LogP contribution in [-0.4, -0.2) is 31.4 Å². The predicted molar refractivity (Wildman–Crippen MR) is 61.3 cm³/mol. The van der Waals surface area contributed by atoms with E-state index in [0.29, 0.717) is 0 Å². The van der Waals surface area contributed by atoms with E-state index in [0.717, 1.165) is 4.90 Å². The fraction of sp³-hybridized carbons (Fsp3) is 0.333. The molecule has 1 rings (SSSR count). The molecule has 1 unspecified atom stereocenters. The van der Waals surface area contributed by atoms with Crippen LogP contribution >= 0.6 is 11.8 Å². The van der Waals surface area contributed by atoms with Gasteiger partial charge in [0.15, 0.2) is 0 Å². The number of benzene rings is 1. The first-order valence-electron chi connectivity index (χ1n) is 4.26. The molecule has 1 atom stereocenters. The van der Waals surface area contributed by atoms with E-state index in [1.807, 2.05) is 6.26 Å². The van der Waals surface area contributed by atoms with Crippen LogP contribution in [0, 0.1) is 0 Å². The van der Waals surface area contributed by atoms with Crippen molar-refractivity contribution in [3.8, 4) is 5.75 Å². The van der Waals surface area contributed by atoms with E-state index < -0.39 is 15.6 Å². The lowest BCUT2D eigenvalue weighted by molar-refractivity contribution is 0.232. The maximum absolute atomic E-state index is 10.8. The quantitative estimate of drug-likeness (QED) is 0.630. The summed E-state index contributed by atoms with van der Waals surface area (Å²) in [4.78, 5) is 0.864. The maximum Gasteiger partial charge on any atom is 0.296 e. The summed E-state index contributed by atoms with van der Waals surface area (Å²) in [7, 11) is -3.18. The predicted octanol–water partition coefficient (Wildman–Crippen LogP) is 1.30. The van der Waals surface area contributed by atoms with Gasteiger partial charge in [0.25, 0.3) is 10.1 Å². The van der Waals surface area contributed by atoms with Gasteiger partial charge in [0.05, 0.1) is 7.11 Å². The molecule has 0 heterocycles. The second-order valence-electron chi connectivity index (χ2n) is 2.98. The minimum atomic E-state index is -4.54. The van der Waals surface area contributed by atoms with E-state index in [-0.39, 0.29) is 11.3 Å². The van der Waals surface area contributed by atoms with E-state index in [9.17, 15) is 13.5 Å². The number of rotatable bonds is 4. The molecule has 2 N–H and O–H groups in total. The van der Waals surface area contributed by atoms with Crippen LogP contribution in [-0.2, 0) is 10.1 Å². The number of methoxy groups -OCH3 is 1. The SMILES string of the molecule is COc1cc(SC)ccc1C(O)S(=O)(=O)O. The first kappa shape index (κ1) is 13.3. The minimum absolute atomic E-state index is 0.0165. The van der Waals surface area contributed by atoms with Crippen molar-refractivity contribution in [2.45, 2.75) is 10.3 Å². The van der Waals surface area contributed by atoms with Crippen molar-refractivity contribution < 1.29 is 22.8 Å². The van der Waals surface area contributed by atoms with Gasteiger partial charge in [-0.15, -0.1) is 11.8 Å². The number of aliphatic hydroxyl groups is 1. The van der Waals surface area contributed by atoms with Gasteiger partial charge in [-0.1, -0.05) is 6.07 Å². The fourth-order valence-corrected chi connectivity index (χ4v) is 2.13. The summed E-state index contributed by atoms with van der Waals surface area (Å²) in [5, 5.41) is 9.41. The standard InChI is InChI=1S/C9H12O5S2/c1-14-8-5-6(15-2)3-4-7(8)9(10)16(11,12)13/h3-5,9-10H,1-2H3,(H,11,12,13). The van der Waals surface area contributed by atoms with E-state index in [2.05, 4.69) is 0 Å². The van der Waals surface area contributed by atoms with Crippen LogP contribution in [0.2, 0.25) is 0 Å². The highest BCUT2D eigenvalue weighted by Gasteiger charge is 2.25. The van der Waals surface area contributed by atoms with Crippen molar-refractivity contribution in [3.05, 3.63) is 23.8 Å². The van der Waals surface area contributed by atoms with Crippen molar-refractivity contribution >= 4 is 21.9 Å². The van der Waals surface area contributed by atoms with Crippen LogP contribution in [0.25, 0.3) is 0 Å². The van der Waals surface area contributed by atoms with Gasteiger partial charge in [-0.05, 0) is 18.4 Å². The Balaban J connectivity index is 3.24. The topological polar surface area (TPSA) is 83.8 Å². The van der Waals surface area contributed by atoms with E-state index >= 15 is 0 Å². The summed E-state index contributed by atoms with van der Waals surface area (Å²) in [5.41, 5.74) is -1.97.